The van der Waals surface area contributed by atoms with Crippen LogP contribution in [0.3, 0.4) is 0 Å². The number of rotatable bonds is 13. The number of aliphatic hydroxyl groups is 1. The highest BCUT2D eigenvalue weighted by Crippen LogP contribution is 2.42. The van der Waals surface area contributed by atoms with Crippen molar-refractivity contribution in [2.45, 2.75) is 57.6 Å². The molecule has 5 rings (SSSR count). The van der Waals surface area contributed by atoms with E-state index in [1.807, 2.05) is 84.9 Å². The summed E-state index contributed by atoms with van der Waals surface area (Å²) >= 11 is 0. The molecule has 0 spiro atoms. The first kappa shape index (κ1) is 34.8. The molecule has 9 nitrogen and oxygen atoms in total. The molecule has 1 saturated heterocycles. The second kappa shape index (κ2) is 17.0. The van der Waals surface area contributed by atoms with Gasteiger partial charge in [0.15, 0.2) is 6.29 Å². The number of likely N-dealkylation sites (N-methyl/N-ethyl adjacent to an activating group) is 1. The topological polar surface area (TPSA) is 109 Å². The van der Waals surface area contributed by atoms with Crippen LogP contribution in [0.5, 0.6) is 0 Å². The highest BCUT2D eigenvalue weighted by Gasteiger charge is 2.38. The summed E-state index contributed by atoms with van der Waals surface area (Å²) in [7, 11) is 3.41. The second-order valence-corrected chi connectivity index (χ2v) is 12.3. The third-order valence-electron chi connectivity index (χ3n) is 8.69. The van der Waals surface area contributed by atoms with Gasteiger partial charge in [0.05, 0.1) is 25.9 Å². The van der Waals surface area contributed by atoms with Crippen molar-refractivity contribution >= 4 is 12.0 Å². The highest BCUT2D eigenvalue weighted by molar-refractivity contribution is 5.83. The zero-order valence-corrected chi connectivity index (χ0v) is 27.8. The number of hydrogen-bond acceptors (Lipinski definition) is 7. The molecule has 1 aliphatic heterocycles. The van der Waals surface area contributed by atoms with Gasteiger partial charge in [-0.05, 0) is 34.9 Å². The van der Waals surface area contributed by atoms with E-state index in [9.17, 15) is 14.7 Å². The fourth-order valence-electron chi connectivity index (χ4n) is 5.96. The second-order valence-electron chi connectivity index (χ2n) is 12.3. The Morgan fingerprint density at radius 2 is 1.42 bits per heavy atom. The summed E-state index contributed by atoms with van der Waals surface area (Å²) in [5.41, 5.74) is 5.79. The Morgan fingerprint density at radius 1 is 0.812 bits per heavy atom. The Bertz CT molecular complexity index is 1580. The van der Waals surface area contributed by atoms with Crippen molar-refractivity contribution in [3.05, 3.63) is 143 Å². The number of benzene rings is 4. The molecule has 3 N–H and O–H groups in total. The minimum Gasteiger partial charge on any atom is -0.467 e. The zero-order chi connectivity index (χ0) is 33.9. The van der Waals surface area contributed by atoms with Gasteiger partial charge in [-0.2, -0.15) is 0 Å². The van der Waals surface area contributed by atoms with E-state index in [-0.39, 0.29) is 31.3 Å². The first-order valence-electron chi connectivity index (χ1n) is 16.3. The fraction of sp³-hybridized carbons (Fsp3) is 0.333. The largest absolute Gasteiger partial charge is 0.467 e. The third-order valence-corrected chi connectivity index (χ3v) is 8.69. The predicted molar refractivity (Wildman–Crippen MR) is 184 cm³/mol. The number of methoxy groups -OCH3 is 1. The molecule has 0 unspecified atom stereocenters. The molecule has 0 saturated carbocycles. The summed E-state index contributed by atoms with van der Waals surface area (Å²) < 4.78 is 18.1. The quantitative estimate of drug-likeness (QED) is 0.160. The van der Waals surface area contributed by atoms with E-state index in [0.717, 1.165) is 40.9 Å². The number of carbonyl (C=O) groups is 2. The van der Waals surface area contributed by atoms with Crippen LogP contribution in [0, 0.1) is 5.92 Å². The van der Waals surface area contributed by atoms with Crippen molar-refractivity contribution < 1.29 is 28.9 Å². The van der Waals surface area contributed by atoms with Crippen LogP contribution < -0.4 is 10.6 Å². The van der Waals surface area contributed by atoms with Crippen LogP contribution in [-0.2, 0) is 45.1 Å². The lowest BCUT2D eigenvalue weighted by Crippen LogP contribution is -2.47. The summed E-state index contributed by atoms with van der Waals surface area (Å²) in [6.45, 7) is 3.93. The zero-order valence-electron chi connectivity index (χ0n) is 27.8. The Kier molecular flexibility index (Phi) is 12.3. The van der Waals surface area contributed by atoms with E-state index in [2.05, 4.69) is 53.8 Å². The van der Waals surface area contributed by atoms with Gasteiger partial charge in [0.1, 0.15) is 6.04 Å². The van der Waals surface area contributed by atoms with Crippen LogP contribution in [0.2, 0.25) is 0 Å². The van der Waals surface area contributed by atoms with Crippen molar-refractivity contribution in [3.8, 4) is 0 Å². The number of aliphatic hydroxyl groups excluding tert-OH is 1. The van der Waals surface area contributed by atoms with Gasteiger partial charge in [-0.15, -0.1) is 0 Å². The Morgan fingerprint density at radius 3 is 2.04 bits per heavy atom. The molecule has 0 aliphatic carbocycles. The average Bonchev–Trinajstić information content (AvgIpc) is 3.12. The lowest BCUT2D eigenvalue weighted by atomic mass is 9.90. The van der Waals surface area contributed by atoms with E-state index >= 15 is 0 Å². The van der Waals surface area contributed by atoms with E-state index in [4.69, 9.17) is 14.2 Å². The molecule has 1 heterocycles. The fourth-order valence-corrected chi connectivity index (χ4v) is 5.96. The first-order valence-corrected chi connectivity index (χ1v) is 16.3. The van der Waals surface area contributed by atoms with Crippen LogP contribution in [-0.4, -0.2) is 54.9 Å². The maximum absolute atomic E-state index is 12.7. The number of ether oxygens (including phenoxy) is 3. The number of esters is 1. The van der Waals surface area contributed by atoms with Gasteiger partial charge >= 0.3 is 12.0 Å². The molecule has 252 valence electrons. The minimum atomic E-state index is -0.810. The third kappa shape index (κ3) is 9.51. The lowest BCUT2D eigenvalue weighted by Gasteiger charge is -2.42. The van der Waals surface area contributed by atoms with Crippen molar-refractivity contribution in [1.29, 1.82) is 0 Å². The predicted octanol–water partition coefficient (Wildman–Crippen LogP) is 5.69. The number of nitrogens with zero attached hydrogens (tertiary/aromatic N) is 1. The van der Waals surface area contributed by atoms with E-state index in [1.165, 1.54) is 12.7 Å². The van der Waals surface area contributed by atoms with E-state index in [0.29, 0.717) is 6.42 Å². The number of nitrogens with one attached hydrogen (secondary N) is 2. The van der Waals surface area contributed by atoms with E-state index < -0.39 is 24.3 Å². The number of urea groups is 1. The van der Waals surface area contributed by atoms with Gasteiger partial charge in [-0.1, -0.05) is 116 Å². The molecule has 0 aromatic heterocycles. The average molecular weight is 652 g/mol. The van der Waals surface area contributed by atoms with Gasteiger partial charge in [-0.25, -0.2) is 9.59 Å². The van der Waals surface area contributed by atoms with Crippen LogP contribution in [0.1, 0.15) is 52.7 Å². The van der Waals surface area contributed by atoms with Gasteiger partial charge < -0.3 is 30.0 Å². The maximum atomic E-state index is 12.7. The smallest absolute Gasteiger partial charge is 0.328 e. The number of amides is 2. The van der Waals surface area contributed by atoms with Crippen LogP contribution in [0.25, 0.3) is 0 Å². The van der Waals surface area contributed by atoms with Crippen molar-refractivity contribution in [2.75, 3.05) is 20.7 Å². The first-order chi connectivity index (χ1) is 23.3. The van der Waals surface area contributed by atoms with Crippen molar-refractivity contribution in [1.82, 2.24) is 15.5 Å². The lowest BCUT2D eigenvalue weighted by molar-refractivity contribution is -0.276. The SMILES string of the molecule is COC(=O)[C@H](Cc1ccccc1)NC(=O)NCc1ccc([C@H]2O[C@@H](CN(C)Cc3ccccc3)[C@@H](C)[C@@H](c3ccc(CO)cc3)O2)cc1. The summed E-state index contributed by atoms with van der Waals surface area (Å²) in [5.74, 6) is -0.440. The Balaban J connectivity index is 1.24. The molecule has 48 heavy (non-hydrogen) atoms. The van der Waals surface area contributed by atoms with Crippen molar-refractivity contribution in [3.63, 3.8) is 0 Å². The minimum absolute atomic E-state index is 0.0115. The summed E-state index contributed by atoms with van der Waals surface area (Å²) in [6, 6.07) is 34.3. The van der Waals surface area contributed by atoms with Gasteiger partial charge in [0.25, 0.3) is 0 Å². The Labute approximate surface area is 282 Å². The van der Waals surface area contributed by atoms with Crippen LogP contribution in [0.15, 0.2) is 109 Å². The number of carbonyl (C=O) groups excluding carboxylic acids is 2. The normalized spacial score (nSPS) is 19.8. The standard InChI is InChI=1S/C39H45N3O6/c1-27-35(25-42(2)24-30-12-8-5-9-13-30)47-38(48-36(27)32-18-16-31(26-43)17-19-32)33-20-14-29(15-21-33)23-40-39(45)41-34(37(44)46-3)22-28-10-6-4-7-11-28/h4-21,27,34-36,38,43H,22-26H2,1-3H3,(H2,40,41,45)/t27-,34+,35+,36+,38+/m1/s1. The molecule has 1 aliphatic rings. The molecule has 5 atom stereocenters. The highest BCUT2D eigenvalue weighted by atomic mass is 16.7. The van der Waals surface area contributed by atoms with Gasteiger partial charge in [0, 0.05) is 37.5 Å². The van der Waals surface area contributed by atoms with Gasteiger partial charge in [0.2, 0.25) is 0 Å². The number of hydrogen-bond donors (Lipinski definition) is 3. The molecule has 9 heteroatoms. The van der Waals surface area contributed by atoms with Gasteiger partial charge in [-0.3, -0.25) is 4.90 Å². The van der Waals surface area contributed by atoms with Crippen LogP contribution in [0.4, 0.5) is 4.79 Å². The van der Waals surface area contributed by atoms with Crippen LogP contribution >= 0.6 is 0 Å². The van der Waals surface area contributed by atoms with E-state index in [1.54, 1.807) is 0 Å². The molecule has 0 bridgehead atoms. The molecule has 4 aromatic carbocycles. The van der Waals surface area contributed by atoms with Crippen molar-refractivity contribution in [2.24, 2.45) is 5.92 Å². The molecule has 4 aromatic rings. The molecule has 0 radical (unpaired) electrons. The Hall–Kier alpha value is -4.54. The molecular weight excluding hydrogens is 606 g/mol. The molecule has 1 fully saturated rings. The monoisotopic (exact) mass is 651 g/mol. The summed E-state index contributed by atoms with van der Waals surface area (Å²) in [5, 5.41) is 15.1. The maximum Gasteiger partial charge on any atom is 0.328 e. The molecular formula is C39H45N3O6. The summed E-state index contributed by atoms with van der Waals surface area (Å²) in [4.78, 5) is 27.4. The summed E-state index contributed by atoms with van der Waals surface area (Å²) in [6.07, 6.45) is -0.590. The molecule has 2 amide bonds.